The summed E-state index contributed by atoms with van der Waals surface area (Å²) in [6, 6.07) is 8.91. The Morgan fingerprint density at radius 3 is 2.89 bits per heavy atom. The third-order valence-corrected chi connectivity index (χ3v) is 2.13. The Hall–Kier alpha value is -2.35. The normalized spacial score (nSPS) is 11.8. The van der Waals surface area contributed by atoms with Gasteiger partial charge < -0.3 is 9.47 Å². The molecule has 0 heterocycles. The molecule has 0 N–H and O–H groups in total. The summed E-state index contributed by atoms with van der Waals surface area (Å²) in [5, 5.41) is 8.85. The van der Waals surface area contributed by atoms with Crippen LogP contribution in [0, 0.1) is 17.2 Å². The molecule has 0 aliphatic heterocycles. The van der Waals surface area contributed by atoms with Crippen LogP contribution in [0.2, 0.25) is 0 Å². The number of benzene rings is 1. The van der Waals surface area contributed by atoms with E-state index >= 15 is 0 Å². The van der Waals surface area contributed by atoms with Crippen molar-refractivity contribution in [1.29, 1.82) is 5.26 Å². The lowest BCUT2D eigenvalue weighted by atomic mass is 10.2. The molecule has 0 aliphatic rings. The monoisotopic (exact) mass is 246 g/mol. The van der Waals surface area contributed by atoms with Gasteiger partial charge in [-0.1, -0.05) is 12.1 Å². The van der Waals surface area contributed by atoms with Gasteiger partial charge in [0.15, 0.2) is 5.92 Å². The number of esters is 1. The summed E-state index contributed by atoms with van der Waals surface area (Å²) in [5.74, 6) is -1.03. The number of carbonyl (C=O) groups is 1. The van der Waals surface area contributed by atoms with E-state index in [1.165, 1.54) is 13.3 Å². The first-order valence-corrected chi connectivity index (χ1v) is 5.46. The van der Waals surface area contributed by atoms with Gasteiger partial charge in [-0.15, -0.1) is 0 Å². The molecule has 1 aromatic carbocycles. The van der Waals surface area contributed by atoms with Gasteiger partial charge in [-0.25, -0.2) is 0 Å². The van der Waals surface area contributed by atoms with Crippen molar-refractivity contribution in [2.45, 2.75) is 6.92 Å². The van der Waals surface area contributed by atoms with Crippen LogP contribution in [-0.2, 0) is 9.53 Å². The molecular weight excluding hydrogens is 232 g/mol. The van der Waals surface area contributed by atoms with Crippen LogP contribution < -0.4 is 4.74 Å². The van der Waals surface area contributed by atoms with E-state index in [-0.39, 0.29) is 6.61 Å². The first-order valence-electron chi connectivity index (χ1n) is 5.46. The van der Waals surface area contributed by atoms with Gasteiger partial charge in [-0.05, 0) is 19.1 Å². The minimum absolute atomic E-state index is 0.236. The van der Waals surface area contributed by atoms with Crippen molar-refractivity contribution in [3.8, 4) is 11.8 Å². The molecule has 1 atom stereocenters. The predicted octanol–water partition coefficient (Wildman–Crippen LogP) is 2.10. The van der Waals surface area contributed by atoms with Crippen molar-refractivity contribution in [3.05, 3.63) is 24.3 Å². The lowest BCUT2D eigenvalue weighted by Crippen LogP contribution is -2.17. The number of hydrogen-bond acceptors (Lipinski definition) is 5. The standard InChI is InChI=1S/C13H14N2O3/c1-3-18-13(16)10(8-14)9-15-11-6-4-5-7-12(11)17-2/h4-7,9-10H,3H2,1-2H3. The van der Waals surface area contributed by atoms with Crippen LogP contribution in [0.15, 0.2) is 29.3 Å². The van der Waals surface area contributed by atoms with Gasteiger partial charge in [0.1, 0.15) is 11.4 Å². The van der Waals surface area contributed by atoms with Gasteiger partial charge in [0, 0.05) is 6.21 Å². The maximum absolute atomic E-state index is 11.4. The molecule has 5 nitrogen and oxygen atoms in total. The zero-order valence-corrected chi connectivity index (χ0v) is 10.3. The molecule has 5 heteroatoms. The number of aliphatic imine (C=N–C) groups is 1. The second kappa shape index (κ2) is 7.07. The van der Waals surface area contributed by atoms with E-state index < -0.39 is 11.9 Å². The highest BCUT2D eigenvalue weighted by molar-refractivity contribution is 5.93. The van der Waals surface area contributed by atoms with E-state index in [1.54, 1.807) is 25.1 Å². The largest absolute Gasteiger partial charge is 0.494 e. The van der Waals surface area contributed by atoms with E-state index in [0.29, 0.717) is 11.4 Å². The molecule has 0 bridgehead atoms. The Labute approximate surface area is 106 Å². The summed E-state index contributed by atoms with van der Waals surface area (Å²) in [6.07, 6.45) is 1.26. The molecule has 0 amide bonds. The maximum Gasteiger partial charge on any atom is 0.328 e. The average Bonchev–Trinajstić information content (AvgIpc) is 2.40. The highest BCUT2D eigenvalue weighted by Crippen LogP contribution is 2.25. The Kier molecular flexibility index (Phi) is 5.39. The molecule has 1 rings (SSSR count). The van der Waals surface area contributed by atoms with Crippen molar-refractivity contribution in [1.82, 2.24) is 0 Å². The quantitative estimate of drug-likeness (QED) is 0.589. The van der Waals surface area contributed by atoms with Crippen LogP contribution in [0.3, 0.4) is 0 Å². The summed E-state index contributed by atoms with van der Waals surface area (Å²) in [5.41, 5.74) is 0.560. The van der Waals surface area contributed by atoms with Gasteiger partial charge in [-0.3, -0.25) is 9.79 Å². The van der Waals surface area contributed by atoms with E-state index in [9.17, 15) is 4.79 Å². The van der Waals surface area contributed by atoms with Crippen LogP contribution in [0.25, 0.3) is 0 Å². The second-order valence-electron chi connectivity index (χ2n) is 3.31. The molecule has 18 heavy (non-hydrogen) atoms. The van der Waals surface area contributed by atoms with Crippen molar-refractivity contribution in [2.24, 2.45) is 10.9 Å². The highest BCUT2D eigenvalue weighted by Gasteiger charge is 2.16. The molecule has 0 saturated carbocycles. The number of methoxy groups -OCH3 is 1. The van der Waals surface area contributed by atoms with Crippen molar-refractivity contribution < 1.29 is 14.3 Å². The van der Waals surface area contributed by atoms with E-state index in [2.05, 4.69) is 4.99 Å². The molecule has 0 spiro atoms. The van der Waals surface area contributed by atoms with Crippen molar-refractivity contribution >= 4 is 17.9 Å². The summed E-state index contributed by atoms with van der Waals surface area (Å²) in [7, 11) is 1.53. The minimum atomic E-state index is -1.00. The minimum Gasteiger partial charge on any atom is -0.494 e. The molecule has 94 valence electrons. The number of rotatable bonds is 5. The number of ether oxygens (including phenoxy) is 2. The Bertz CT molecular complexity index is 477. The molecule has 0 aliphatic carbocycles. The van der Waals surface area contributed by atoms with Crippen LogP contribution >= 0.6 is 0 Å². The summed E-state index contributed by atoms with van der Waals surface area (Å²) in [6.45, 7) is 1.92. The van der Waals surface area contributed by atoms with Gasteiger partial charge in [0.05, 0.1) is 19.8 Å². The molecule has 0 fully saturated rings. The van der Waals surface area contributed by atoms with E-state index in [1.807, 2.05) is 12.1 Å². The summed E-state index contributed by atoms with van der Waals surface area (Å²) >= 11 is 0. The first kappa shape index (κ1) is 13.7. The van der Waals surface area contributed by atoms with Gasteiger partial charge in [0.25, 0.3) is 0 Å². The fourth-order valence-corrected chi connectivity index (χ4v) is 1.27. The van der Waals surface area contributed by atoms with Gasteiger partial charge >= 0.3 is 5.97 Å². The maximum atomic E-state index is 11.4. The zero-order valence-electron chi connectivity index (χ0n) is 10.3. The fourth-order valence-electron chi connectivity index (χ4n) is 1.27. The SMILES string of the molecule is CCOC(=O)C(C#N)C=Nc1ccccc1OC. The number of para-hydroxylation sites is 2. The Morgan fingerprint density at radius 2 is 2.28 bits per heavy atom. The Balaban J connectivity index is 2.84. The first-order chi connectivity index (χ1) is 8.72. The average molecular weight is 246 g/mol. The molecule has 0 radical (unpaired) electrons. The van der Waals surface area contributed by atoms with Crippen LogP contribution in [0.4, 0.5) is 5.69 Å². The molecular formula is C13H14N2O3. The van der Waals surface area contributed by atoms with E-state index in [4.69, 9.17) is 14.7 Å². The topological polar surface area (TPSA) is 71.7 Å². The molecule has 1 aromatic rings. The highest BCUT2D eigenvalue weighted by atomic mass is 16.5. The zero-order chi connectivity index (χ0) is 13.4. The Morgan fingerprint density at radius 1 is 1.56 bits per heavy atom. The third-order valence-electron chi connectivity index (χ3n) is 2.13. The van der Waals surface area contributed by atoms with Crippen molar-refractivity contribution in [3.63, 3.8) is 0 Å². The lowest BCUT2D eigenvalue weighted by Gasteiger charge is -2.05. The number of hydrogen-bond donors (Lipinski definition) is 0. The summed E-state index contributed by atoms with van der Waals surface area (Å²) < 4.78 is 9.86. The van der Waals surface area contributed by atoms with Gasteiger partial charge in [-0.2, -0.15) is 5.26 Å². The van der Waals surface area contributed by atoms with Crippen LogP contribution in [-0.4, -0.2) is 25.9 Å². The second-order valence-corrected chi connectivity index (χ2v) is 3.31. The van der Waals surface area contributed by atoms with Crippen molar-refractivity contribution in [2.75, 3.05) is 13.7 Å². The molecule has 0 aromatic heterocycles. The smallest absolute Gasteiger partial charge is 0.328 e. The fraction of sp³-hybridized carbons (Fsp3) is 0.308. The number of nitriles is 1. The van der Waals surface area contributed by atoms with Crippen LogP contribution in [0.5, 0.6) is 5.75 Å². The third kappa shape index (κ3) is 3.59. The lowest BCUT2D eigenvalue weighted by molar-refractivity contribution is -0.143. The van der Waals surface area contributed by atoms with E-state index in [0.717, 1.165) is 0 Å². The summed E-state index contributed by atoms with van der Waals surface area (Å²) in [4.78, 5) is 15.5. The molecule has 1 unspecified atom stereocenters. The molecule has 0 saturated heterocycles. The predicted molar refractivity (Wildman–Crippen MR) is 66.9 cm³/mol. The number of carbonyl (C=O) groups excluding carboxylic acids is 1. The number of nitrogens with zero attached hydrogens (tertiary/aromatic N) is 2. The van der Waals surface area contributed by atoms with Crippen LogP contribution in [0.1, 0.15) is 6.92 Å². The van der Waals surface area contributed by atoms with Gasteiger partial charge in [0.2, 0.25) is 0 Å².